The highest BCUT2D eigenvalue weighted by Gasteiger charge is 2.09. The Kier molecular flexibility index (Phi) is 4.12. The molecule has 5 heteroatoms. The van der Waals surface area contributed by atoms with E-state index in [2.05, 4.69) is 21.2 Å². The monoisotopic (exact) mass is 339 g/mol. The SMILES string of the molecule is Cc1ccc(NC(=O)c2ccc(Br)c(Cl)c2)cc1O. The molecule has 2 aromatic rings. The molecule has 0 radical (unpaired) electrons. The summed E-state index contributed by atoms with van der Waals surface area (Å²) in [6.07, 6.45) is 0. The molecule has 0 saturated heterocycles. The minimum Gasteiger partial charge on any atom is -0.508 e. The molecular weight excluding hydrogens is 330 g/mol. The van der Waals surface area contributed by atoms with Crippen molar-refractivity contribution >= 4 is 39.1 Å². The molecule has 0 saturated carbocycles. The Balaban J connectivity index is 2.20. The molecule has 2 aromatic carbocycles. The Morgan fingerprint density at radius 2 is 2.00 bits per heavy atom. The molecule has 0 aromatic heterocycles. The summed E-state index contributed by atoms with van der Waals surface area (Å²) < 4.78 is 0.735. The fourth-order valence-corrected chi connectivity index (χ4v) is 1.95. The lowest BCUT2D eigenvalue weighted by Gasteiger charge is -2.07. The van der Waals surface area contributed by atoms with E-state index in [1.807, 2.05) is 0 Å². The molecule has 0 atom stereocenters. The van der Waals surface area contributed by atoms with Crippen LogP contribution in [0.5, 0.6) is 5.75 Å². The first-order valence-corrected chi connectivity index (χ1v) is 6.70. The summed E-state index contributed by atoms with van der Waals surface area (Å²) >= 11 is 9.21. The predicted molar refractivity (Wildman–Crippen MR) is 79.9 cm³/mol. The summed E-state index contributed by atoms with van der Waals surface area (Å²) in [5.74, 6) is -0.135. The number of halogens is 2. The average Bonchev–Trinajstić information content (AvgIpc) is 2.37. The maximum Gasteiger partial charge on any atom is 0.255 e. The number of carbonyl (C=O) groups excluding carboxylic acids is 1. The van der Waals surface area contributed by atoms with E-state index < -0.39 is 0 Å². The number of carbonyl (C=O) groups is 1. The molecular formula is C14H11BrClNO2. The number of aromatic hydroxyl groups is 1. The first-order valence-electron chi connectivity index (χ1n) is 5.53. The lowest BCUT2D eigenvalue weighted by Crippen LogP contribution is -2.11. The van der Waals surface area contributed by atoms with Gasteiger partial charge in [0.1, 0.15) is 5.75 Å². The lowest BCUT2D eigenvalue weighted by molar-refractivity contribution is 0.102. The number of phenols is 1. The van der Waals surface area contributed by atoms with Crippen LogP contribution in [0.15, 0.2) is 40.9 Å². The van der Waals surface area contributed by atoms with Crippen LogP contribution in [0.25, 0.3) is 0 Å². The van der Waals surface area contributed by atoms with Crippen LogP contribution < -0.4 is 5.32 Å². The van der Waals surface area contributed by atoms with Crippen molar-refractivity contribution in [3.8, 4) is 5.75 Å². The summed E-state index contributed by atoms with van der Waals surface area (Å²) in [6, 6.07) is 9.93. The number of benzene rings is 2. The molecule has 0 unspecified atom stereocenters. The normalized spacial score (nSPS) is 10.3. The summed E-state index contributed by atoms with van der Waals surface area (Å²) in [4.78, 5) is 12.0. The molecule has 3 nitrogen and oxygen atoms in total. The van der Waals surface area contributed by atoms with E-state index in [4.69, 9.17) is 11.6 Å². The Hall–Kier alpha value is -1.52. The van der Waals surface area contributed by atoms with E-state index in [0.29, 0.717) is 16.3 Å². The Morgan fingerprint density at radius 3 is 2.63 bits per heavy atom. The third-order valence-electron chi connectivity index (χ3n) is 2.65. The van der Waals surface area contributed by atoms with E-state index in [0.717, 1.165) is 10.0 Å². The molecule has 2 N–H and O–H groups in total. The van der Waals surface area contributed by atoms with Crippen molar-refractivity contribution in [1.82, 2.24) is 0 Å². The van der Waals surface area contributed by atoms with Gasteiger partial charge in [-0.2, -0.15) is 0 Å². The smallest absolute Gasteiger partial charge is 0.255 e. The van der Waals surface area contributed by atoms with Crippen LogP contribution in [0, 0.1) is 6.92 Å². The molecule has 0 spiro atoms. The average molecular weight is 341 g/mol. The molecule has 1 amide bonds. The number of phenolic OH excluding ortho intramolecular Hbond substituents is 1. The molecule has 0 heterocycles. The second kappa shape index (κ2) is 5.63. The molecule has 0 aliphatic heterocycles. The number of anilines is 1. The maximum absolute atomic E-state index is 12.0. The van der Waals surface area contributed by atoms with Crippen LogP contribution in [0.1, 0.15) is 15.9 Å². The van der Waals surface area contributed by atoms with Gasteiger partial charge in [-0.25, -0.2) is 0 Å². The number of aryl methyl sites for hydroxylation is 1. The quantitative estimate of drug-likeness (QED) is 0.853. The lowest BCUT2D eigenvalue weighted by atomic mass is 10.2. The van der Waals surface area contributed by atoms with Crippen molar-refractivity contribution in [1.29, 1.82) is 0 Å². The van der Waals surface area contributed by atoms with Gasteiger partial charge >= 0.3 is 0 Å². The molecule has 0 aliphatic rings. The van der Waals surface area contributed by atoms with Crippen molar-refractivity contribution in [3.63, 3.8) is 0 Å². The fourth-order valence-electron chi connectivity index (χ4n) is 1.53. The van der Waals surface area contributed by atoms with Gasteiger partial charge in [0.05, 0.1) is 5.02 Å². The fraction of sp³-hybridized carbons (Fsp3) is 0.0714. The van der Waals surface area contributed by atoms with E-state index in [1.54, 1.807) is 37.3 Å². The van der Waals surface area contributed by atoms with Gasteiger partial charge < -0.3 is 10.4 Å². The minimum atomic E-state index is -0.280. The second-order valence-electron chi connectivity index (χ2n) is 4.08. The number of hydrogen-bond donors (Lipinski definition) is 2. The largest absolute Gasteiger partial charge is 0.508 e. The summed E-state index contributed by atoms with van der Waals surface area (Å²) in [5.41, 5.74) is 1.74. The highest BCUT2D eigenvalue weighted by Crippen LogP contribution is 2.25. The summed E-state index contributed by atoms with van der Waals surface area (Å²) in [6.45, 7) is 1.79. The van der Waals surface area contributed by atoms with Crippen LogP contribution in [-0.2, 0) is 0 Å². The molecule has 0 aliphatic carbocycles. The topological polar surface area (TPSA) is 49.3 Å². The predicted octanol–water partition coefficient (Wildman–Crippen LogP) is 4.37. The van der Waals surface area contributed by atoms with Gasteiger partial charge in [0, 0.05) is 21.8 Å². The molecule has 2 rings (SSSR count). The van der Waals surface area contributed by atoms with Crippen molar-refractivity contribution < 1.29 is 9.90 Å². The zero-order valence-corrected chi connectivity index (χ0v) is 12.4. The maximum atomic E-state index is 12.0. The second-order valence-corrected chi connectivity index (χ2v) is 5.35. The molecule has 0 bridgehead atoms. The standard InChI is InChI=1S/C14H11BrClNO2/c1-8-2-4-10(7-13(8)18)17-14(19)9-3-5-11(15)12(16)6-9/h2-7,18H,1H3,(H,17,19). The van der Waals surface area contributed by atoms with Crippen LogP contribution in [0.4, 0.5) is 5.69 Å². The summed E-state index contributed by atoms with van der Waals surface area (Å²) in [7, 11) is 0. The van der Waals surface area contributed by atoms with Gasteiger partial charge in [0.25, 0.3) is 5.91 Å². The van der Waals surface area contributed by atoms with E-state index in [9.17, 15) is 9.90 Å². The molecule has 19 heavy (non-hydrogen) atoms. The highest BCUT2D eigenvalue weighted by atomic mass is 79.9. The van der Waals surface area contributed by atoms with E-state index in [1.165, 1.54) is 6.07 Å². The van der Waals surface area contributed by atoms with Gasteiger partial charge in [0.15, 0.2) is 0 Å². The zero-order chi connectivity index (χ0) is 14.0. The van der Waals surface area contributed by atoms with Crippen molar-refractivity contribution in [3.05, 3.63) is 57.0 Å². The number of nitrogens with one attached hydrogen (secondary N) is 1. The van der Waals surface area contributed by atoms with Crippen molar-refractivity contribution in [2.45, 2.75) is 6.92 Å². The minimum absolute atomic E-state index is 0.145. The third kappa shape index (κ3) is 3.28. The Labute approximate surface area is 124 Å². The van der Waals surface area contributed by atoms with Gasteiger partial charge in [-0.3, -0.25) is 4.79 Å². The number of rotatable bonds is 2. The van der Waals surface area contributed by atoms with Gasteiger partial charge in [-0.05, 0) is 52.7 Å². The van der Waals surface area contributed by atoms with E-state index in [-0.39, 0.29) is 11.7 Å². The zero-order valence-electron chi connectivity index (χ0n) is 10.1. The van der Waals surface area contributed by atoms with Gasteiger partial charge in [-0.15, -0.1) is 0 Å². The molecule has 0 fully saturated rings. The first-order chi connectivity index (χ1) is 8.97. The van der Waals surface area contributed by atoms with Crippen molar-refractivity contribution in [2.75, 3.05) is 5.32 Å². The Bertz CT molecular complexity index is 643. The van der Waals surface area contributed by atoms with Gasteiger partial charge in [-0.1, -0.05) is 17.7 Å². The van der Waals surface area contributed by atoms with Crippen LogP contribution in [-0.4, -0.2) is 11.0 Å². The molecule has 98 valence electrons. The third-order valence-corrected chi connectivity index (χ3v) is 3.88. The highest BCUT2D eigenvalue weighted by molar-refractivity contribution is 9.10. The van der Waals surface area contributed by atoms with Crippen LogP contribution in [0.3, 0.4) is 0 Å². The van der Waals surface area contributed by atoms with E-state index >= 15 is 0 Å². The Morgan fingerprint density at radius 1 is 1.26 bits per heavy atom. The van der Waals surface area contributed by atoms with Crippen molar-refractivity contribution in [2.24, 2.45) is 0 Å². The number of hydrogen-bond acceptors (Lipinski definition) is 2. The van der Waals surface area contributed by atoms with Crippen LogP contribution in [0.2, 0.25) is 5.02 Å². The summed E-state index contributed by atoms with van der Waals surface area (Å²) in [5, 5.41) is 12.8. The van der Waals surface area contributed by atoms with Gasteiger partial charge in [0.2, 0.25) is 0 Å². The number of amides is 1. The first kappa shape index (κ1) is 13.9. The van der Waals surface area contributed by atoms with Crippen LogP contribution >= 0.6 is 27.5 Å².